The Labute approximate surface area is 115 Å². The van der Waals surface area contributed by atoms with E-state index in [0.717, 1.165) is 37.8 Å². The first-order chi connectivity index (χ1) is 9.18. The van der Waals surface area contributed by atoms with Crippen LogP contribution >= 0.6 is 0 Å². The Balaban J connectivity index is 1.85. The quantitative estimate of drug-likeness (QED) is 0.895. The second kappa shape index (κ2) is 6.66. The Morgan fingerprint density at radius 3 is 2.89 bits per heavy atom. The Morgan fingerprint density at radius 1 is 1.42 bits per heavy atom. The van der Waals surface area contributed by atoms with E-state index in [1.807, 2.05) is 30.1 Å². The molecule has 2 rings (SSSR count). The highest BCUT2D eigenvalue weighted by molar-refractivity contribution is 5.79. The lowest BCUT2D eigenvalue weighted by molar-refractivity contribution is -0.135. The summed E-state index contributed by atoms with van der Waals surface area (Å²) in [6.45, 7) is 0.707. The minimum absolute atomic E-state index is 0.0162. The SMILES string of the molecule is CN(CCc1ccccn1)C(=O)C1CCCCC1N. The lowest BCUT2D eigenvalue weighted by Crippen LogP contribution is -2.44. The molecule has 1 fully saturated rings. The standard InChI is InChI=1S/C15H23N3O/c1-18(11-9-12-6-4-5-10-17-12)15(19)13-7-2-3-8-14(13)16/h4-6,10,13-14H,2-3,7-9,11,16H2,1H3. The van der Waals surface area contributed by atoms with Crippen molar-refractivity contribution >= 4 is 5.91 Å². The van der Waals surface area contributed by atoms with Crippen molar-refractivity contribution in [1.29, 1.82) is 0 Å². The fourth-order valence-corrected chi connectivity index (χ4v) is 2.69. The van der Waals surface area contributed by atoms with Gasteiger partial charge in [-0.15, -0.1) is 0 Å². The van der Waals surface area contributed by atoms with Crippen LogP contribution in [0.3, 0.4) is 0 Å². The van der Waals surface area contributed by atoms with Gasteiger partial charge in [0.2, 0.25) is 5.91 Å². The van der Waals surface area contributed by atoms with Gasteiger partial charge < -0.3 is 10.6 Å². The van der Waals surface area contributed by atoms with Crippen LogP contribution in [0.15, 0.2) is 24.4 Å². The molecule has 2 atom stereocenters. The molecule has 1 aromatic rings. The number of carbonyl (C=O) groups excluding carboxylic acids is 1. The summed E-state index contributed by atoms with van der Waals surface area (Å²) in [7, 11) is 1.87. The lowest BCUT2D eigenvalue weighted by Gasteiger charge is -2.31. The van der Waals surface area contributed by atoms with Crippen LogP contribution in [0.4, 0.5) is 0 Å². The molecule has 1 aromatic heterocycles. The average molecular weight is 261 g/mol. The average Bonchev–Trinajstić information content (AvgIpc) is 2.45. The van der Waals surface area contributed by atoms with Crippen LogP contribution in [0.25, 0.3) is 0 Å². The van der Waals surface area contributed by atoms with Crippen LogP contribution in [0.2, 0.25) is 0 Å². The van der Waals surface area contributed by atoms with Gasteiger partial charge in [-0.2, -0.15) is 0 Å². The van der Waals surface area contributed by atoms with E-state index in [-0.39, 0.29) is 17.9 Å². The van der Waals surface area contributed by atoms with Crippen molar-refractivity contribution in [2.24, 2.45) is 11.7 Å². The highest BCUT2D eigenvalue weighted by Crippen LogP contribution is 2.24. The van der Waals surface area contributed by atoms with Gasteiger partial charge in [0, 0.05) is 37.9 Å². The van der Waals surface area contributed by atoms with E-state index >= 15 is 0 Å². The molecule has 4 nitrogen and oxygen atoms in total. The van der Waals surface area contributed by atoms with E-state index in [2.05, 4.69) is 4.98 Å². The maximum Gasteiger partial charge on any atom is 0.226 e. The molecule has 0 spiro atoms. The van der Waals surface area contributed by atoms with Crippen molar-refractivity contribution < 1.29 is 4.79 Å². The summed E-state index contributed by atoms with van der Waals surface area (Å²) in [6.07, 6.45) is 6.78. The molecule has 0 radical (unpaired) electrons. The summed E-state index contributed by atoms with van der Waals surface area (Å²) in [5.74, 6) is 0.214. The van der Waals surface area contributed by atoms with Gasteiger partial charge >= 0.3 is 0 Å². The zero-order valence-corrected chi connectivity index (χ0v) is 11.6. The number of carbonyl (C=O) groups is 1. The summed E-state index contributed by atoms with van der Waals surface area (Å²) in [5.41, 5.74) is 7.09. The topological polar surface area (TPSA) is 59.2 Å². The number of pyridine rings is 1. The van der Waals surface area contributed by atoms with Crippen molar-refractivity contribution in [2.45, 2.75) is 38.1 Å². The summed E-state index contributed by atoms with van der Waals surface area (Å²) in [4.78, 5) is 18.4. The van der Waals surface area contributed by atoms with Crippen LogP contribution in [0.1, 0.15) is 31.4 Å². The predicted octanol–water partition coefficient (Wildman–Crippen LogP) is 1.60. The van der Waals surface area contributed by atoms with Crippen molar-refractivity contribution in [2.75, 3.05) is 13.6 Å². The van der Waals surface area contributed by atoms with Gasteiger partial charge in [-0.05, 0) is 25.0 Å². The van der Waals surface area contributed by atoms with E-state index in [0.29, 0.717) is 6.54 Å². The van der Waals surface area contributed by atoms with Crippen molar-refractivity contribution in [1.82, 2.24) is 9.88 Å². The first-order valence-corrected chi connectivity index (χ1v) is 7.09. The molecule has 0 aliphatic heterocycles. The highest BCUT2D eigenvalue weighted by atomic mass is 16.2. The summed E-state index contributed by atoms with van der Waals surface area (Å²) < 4.78 is 0. The second-order valence-electron chi connectivity index (χ2n) is 5.39. The lowest BCUT2D eigenvalue weighted by atomic mass is 9.84. The highest BCUT2D eigenvalue weighted by Gasteiger charge is 2.30. The third-order valence-corrected chi connectivity index (χ3v) is 3.94. The number of likely N-dealkylation sites (N-methyl/N-ethyl adjacent to an activating group) is 1. The summed E-state index contributed by atoms with van der Waals surface area (Å²) in [5, 5.41) is 0. The minimum Gasteiger partial charge on any atom is -0.345 e. The normalized spacial score (nSPS) is 23.1. The largest absolute Gasteiger partial charge is 0.345 e. The van der Waals surface area contributed by atoms with Crippen molar-refractivity contribution in [3.8, 4) is 0 Å². The van der Waals surface area contributed by atoms with Crippen LogP contribution < -0.4 is 5.73 Å². The van der Waals surface area contributed by atoms with Crippen LogP contribution in [-0.2, 0) is 11.2 Å². The number of rotatable bonds is 4. The maximum absolute atomic E-state index is 12.4. The molecule has 1 aliphatic carbocycles. The van der Waals surface area contributed by atoms with E-state index in [4.69, 9.17) is 5.73 Å². The van der Waals surface area contributed by atoms with E-state index in [9.17, 15) is 4.79 Å². The Kier molecular flexibility index (Phi) is 4.91. The number of hydrogen-bond donors (Lipinski definition) is 1. The molecular weight excluding hydrogens is 238 g/mol. The molecule has 1 heterocycles. The Bertz CT molecular complexity index is 407. The number of nitrogens with zero attached hydrogens (tertiary/aromatic N) is 2. The van der Waals surface area contributed by atoms with Crippen molar-refractivity contribution in [3.63, 3.8) is 0 Å². The second-order valence-corrected chi connectivity index (χ2v) is 5.39. The van der Waals surface area contributed by atoms with E-state index < -0.39 is 0 Å². The van der Waals surface area contributed by atoms with Crippen LogP contribution in [0, 0.1) is 5.92 Å². The molecule has 4 heteroatoms. The summed E-state index contributed by atoms with van der Waals surface area (Å²) in [6, 6.07) is 5.91. The van der Waals surface area contributed by atoms with Gasteiger partial charge in [0.25, 0.3) is 0 Å². The number of hydrogen-bond acceptors (Lipinski definition) is 3. The Morgan fingerprint density at radius 2 is 2.21 bits per heavy atom. The molecule has 0 aromatic carbocycles. The number of amides is 1. The summed E-state index contributed by atoms with van der Waals surface area (Å²) >= 11 is 0. The van der Waals surface area contributed by atoms with Gasteiger partial charge in [-0.25, -0.2) is 0 Å². The zero-order valence-electron chi connectivity index (χ0n) is 11.6. The van der Waals surface area contributed by atoms with Gasteiger partial charge in [-0.1, -0.05) is 18.9 Å². The fourth-order valence-electron chi connectivity index (χ4n) is 2.69. The third kappa shape index (κ3) is 3.77. The molecule has 1 saturated carbocycles. The molecule has 0 saturated heterocycles. The number of aromatic nitrogens is 1. The smallest absolute Gasteiger partial charge is 0.226 e. The van der Waals surface area contributed by atoms with Gasteiger partial charge in [-0.3, -0.25) is 9.78 Å². The van der Waals surface area contributed by atoms with Crippen LogP contribution in [-0.4, -0.2) is 35.4 Å². The molecule has 2 unspecified atom stereocenters. The third-order valence-electron chi connectivity index (χ3n) is 3.94. The zero-order chi connectivity index (χ0) is 13.7. The maximum atomic E-state index is 12.4. The first kappa shape index (κ1) is 14.0. The Hall–Kier alpha value is -1.42. The monoisotopic (exact) mass is 261 g/mol. The van der Waals surface area contributed by atoms with E-state index in [1.54, 1.807) is 6.20 Å². The molecule has 2 N–H and O–H groups in total. The van der Waals surface area contributed by atoms with Gasteiger partial charge in [0.05, 0.1) is 5.92 Å². The van der Waals surface area contributed by atoms with Gasteiger partial charge in [0.15, 0.2) is 0 Å². The first-order valence-electron chi connectivity index (χ1n) is 7.09. The van der Waals surface area contributed by atoms with Gasteiger partial charge in [0.1, 0.15) is 0 Å². The van der Waals surface area contributed by atoms with E-state index in [1.165, 1.54) is 0 Å². The molecule has 1 aliphatic rings. The predicted molar refractivity (Wildman–Crippen MR) is 75.5 cm³/mol. The molecule has 0 bridgehead atoms. The number of nitrogens with two attached hydrogens (primary N) is 1. The fraction of sp³-hybridized carbons (Fsp3) is 0.600. The molecule has 19 heavy (non-hydrogen) atoms. The van der Waals surface area contributed by atoms with Crippen molar-refractivity contribution in [3.05, 3.63) is 30.1 Å². The molecule has 104 valence electrons. The molecular formula is C15H23N3O. The molecule has 1 amide bonds. The van der Waals surface area contributed by atoms with Crippen LogP contribution in [0.5, 0.6) is 0 Å². The minimum atomic E-state index is 0.0162.